The third-order valence-corrected chi connectivity index (χ3v) is 3.83. The van der Waals surface area contributed by atoms with Gasteiger partial charge in [0.15, 0.2) is 0 Å². The first-order chi connectivity index (χ1) is 7.52. The third kappa shape index (κ3) is 1.59. The van der Waals surface area contributed by atoms with Crippen molar-refractivity contribution in [1.29, 1.82) is 0 Å². The molecule has 1 aliphatic carbocycles. The van der Waals surface area contributed by atoms with Gasteiger partial charge in [-0.05, 0) is 42.0 Å². The standard InChI is InChI=1S/C13H18FNO/c1-13(2)10(7-15)12(13)9-6-8(14)4-5-11(9)16-3/h4-6,10,12H,7,15H2,1-3H3/t10-,12-/m1/s1. The Morgan fingerprint density at radius 2 is 2.12 bits per heavy atom. The smallest absolute Gasteiger partial charge is 0.123 e. The van der Waals surface area contributed by atoms with E-state index in [0.29, 0.717) is 18.4 Å². The highest BCUT2D eigenvalue weighted by Gasteiger charge is 2.58. The van der Waals surface area contributed by atoms with E-state index in [1.165, 1.54) is 6.07 Å². The molecule has 0 radical (unpaired) electrons. The minimum Gasteiger partial charge on any atom is -0.496 e. The fourth-order valence-corrected chi connectivity index (χ4v) is 2.75. The van der Waals surface area contributed by atoms with Gasteiger partial charge in [-0.15, -0.1) is 0 Å². The SMILES string of the molecule is COc1ccc(F)cc1[C@@H]1[C@@H](CN)C1(C)C. The number of benzene rings is 1. The van der Waals surface area contributed by atoms with Crippen molar-refractivity contribution < 1.29 is 9.13 Å². The van der Waals surface area contributed by atoms with E-state index < -0.39 is 0 Å². The maximum Gasteiger partial charge on any atom is 0.123 e. The summed E-state index contributed by atoms with van der Waals surface area (Å²) in [6, 6.07) is 4.68. The van der Waals surface area contributed by atoms with Gasteiger partial charge < -0.3 is 10.5 Å². The molecule has 16 heavy (non-hydrogen) atoms. The zero-order valence-electron chi connectivity index (χ0n) is 9.96. The van der Waals surface area contributed by atoms with Gasteiger partial charge in [0, 0.05) is 5.56 Å². The number of hydrogen-bond acceptors (Lipinski definition) is 2. The highest BCUT2D eigenvalue weighted by atomic mass is 19.1. The lowest BCUT2D eigenvalue weighted by atomic mass is 10.0. The van der Waals surface area contributed by atoms with E-state index in [1.54, 1.807) is 19.2 Å². The van der Waals surface area contributed by atoms with Crippen LogP contribution in [0.15, 0.2) is 18.2 Å². The fraction of sp³-hybridized carbons (Fsp3) is 0.538. The number of ether oxygens (including phenoxy) is 1. The highest BCUT2D eigenvalue weighted by Crippen LogP contribution is 2.65. The lowest BCUT2D eigenvalue weighted by molar-refractivity contribution is 0.406. The van der Waals surface area contributed by atoms with Gasteiger partial charge in [0.1, 0.15) is 11.6 Å². The maximum absolute atomic E-state index is 13.3. The minimum absolute atomic E-state index is 0.149. The summed E-state index contributed by atoms with van der Waals surface area (Å²) in [5, 5.41) is 0. The van der Waals surface area contributed by atoms with Crippen molar-refractivity contribution in [2.75, 3.05) is 13.7 Å². The molecule has 2 nitrogen and oxygen atoms in total. The Morgan fingerprint density at radius 1 is 1.44 bits per heavy atom. The van der Waals surface area contributed by atoms with Gasteiger partial charge in [0.05, 0.1) is 7.11 Å². The Bertz CT molecular complexity index is 403. The zero-order chi connectivity index (χ0) is 11.9. The minimum atomic E-state index is -0.214. The summed E-state index contributed by atoms with van der Waals surface area (Å²) < 4.78 is 18.5. The Morgan fingerprint density at radius 3 is 2.62 bits per heavy atom. The second-order valence-electron chi connectivity index (χ2n) is 5.03. The van der Waals surface area contributed by atoms with Gasteiger partial charge in [-0.1, -0.05) is 13.8 Å². The molecule has 0 saturated heterocycles. The van der Waals surface area contributed by atoms with E-state index in [-0.39, 0.29) is 11.2 Å². The first kappa shape index (κ1) is 11.4. The molecule has 0 heterocycles. The highest BCUT2D eigenvalue weighted by molar-refractivity contribution is 5.43. The lowest BCUT2D eigenvalue weighted by Crippen LogP contribution is -2.05. The molecular formula is C13H18FNO. The molecule has 88 valence electrons. The Labute approximate surface area is 95.6 Å². The summed E-state index contributed by atoms with van der Waals surface area (Å²) in [7, 11) is 1.61. The van der Waals surface area contributed by atoms with Crippen molar-refractivity contribution >= 4 is 0 Å². The van der Waals surface area contributed by atoms with Crippen molar-refractivity contribution in [2.45, 2.75) is 19.8 Å². The molecule has 0 bridgehead atoms. The number of halogens is 1. The summed E-state index contributed by atoms with van der Waals surface area (Å²) in [6.07, 6.45) is 0. The van der Waals surface area contributed by atoms with Crippen LogP contribution in [0.3, 0.4) is 0 Å². The summed E-state index contributed by atoms with van der Waals surface area (Å²) in [5.74, 6) is 1.27. The molecule has 0 aliphatic heterocycles. The normalized spacial score (nSPS) is 26.6. The van der Waals surface area contributed by atoms with Crippen LogP contribution in [0.2, 0.25) is 0 Å². The Hall–Kier alpha value is -1.09. The molecule has 0 amide bonds. The van der Waals surface area contributed by atoms with Gasteiger partial charge in [-0.2, -0.15) is 0 Å². The van der Waals surface area contributed by atoms with Gasteiger partial charge >= 0.3 is 0 Å². The first-order valence-corrected chi connectivity index (χ1v) is 5.56. The number of hydrogen-bond donors (Lipinski definition) is 1. The predicted octanol–water partition coefficient (Wildman–Crippen LogP) is 2.53. The molecule has 1 saturated carbocycles. The molecule has 0 spiro atoms. The predicted molar refractivity (Wildman–Crippen MR) is 62.0 cm³/mol. The van der Waals surface area contributed by atoms with Crippen LogP contribution in [0.4, 0.5) is 4.39 Å². The van der Waals surface area contributed by atoms with Gasteiger partial charge in [0.2, 0.25) is 0 Å². The molecule has 1 aliphatic rings. The monoisotopic (exact) mass is 223 g/mol. The number of nitrogens with two attached hydrogens (primary N) is 1. The van der Waals surface area contributed by atoms with Crippen LogP contribution in [0.25, 0.3) is 0 Å². The second kappa shape index (κ2) is 3.74. The molecular weight excluding hydrogens is 205 g/mol. The molecule has 2 atom stereocenters. The van der Waals surface area contributed by atoms with Crippen LogP contribution in [-0.4, -0.2) is 13.7 Å². The Balaban J connectivity index is 2.38. The summed E-state index contributed by atoms with van der Waals surface area (Å²) in [5.41, 5.74) is 6.83. The summed E-state index contributed by atoms with van der Waals surface area (Å²) >= 11 is 0. The quantitative estimate of drug-likeness (QED) is 0.854. The van der Waals surface area contributed by atoms with Crippen LogP contribution in [0.5, 0.6) is 5.75 Å². The van der Waals surface area contributed by atoms with E-state index in [1.807, 2.05) is 0 Å². The molecule has 2 rings (SSSR count). The van der Waals surface area contributed by atoms with E-state index in [9.17, 15) is 4.39 Å². The molecule has 2 N–H and O–H groups in total. The fourth-order valence-electron chi connectivity index (χ4n) is 2.75. The van der Waals surface area contributed by atoms with Crippen LogP contribution >= 0.6 is 0 Å². The Kier molecular flexibility index (Phi) is 2.66. The van der Waals surface area contributed by atoms with Gasteiger partial charge in [-0.25, -0.2) is 4.39 Å². The van der Waals surface area contributed by atoms with E-state index in [2.05, 4.69) is 13.8 Å². The lowest BCUT2D eigenvalue weighted by Gasteiger charge is -2.09. The van der Waals surface area contributed by atoms with Crippen LogP contribution < -0.4 is 10.5 Å². The van der Waals surface area contributed by atoms with Crippen LogP contribution in [0, 0.1) is 17.2 Å². The zero-order valence-corrected chi connectivity index (χ0v) is 9.96. The molecule has 0 aromatic heterocycles. The van der Waals surface area contributed by atoms with E-state index in [4.69, 9.17) is 10.5 Å². The molecule has 1 aromatic carbocycles. The molecule has 0 unspecified atom stereocenters. The average molecular weight is 223 g/mol. The molecule has 1 fully saturated rings. The first-order valence-electron chi connectivity index (χ1n) is 5.56. The largest absolute Gasteiger partial charge is 0.496 e. The molecule has 3 heteroatoms. The average Bonchev–Trinajstić information content (AvgIpc) is 2.80. The van der Waals surface area contributed by atoms with Crippen molar-refractivity contribution in [2.24, 2.45) is 17.1 Å². The maximum atomic E-state index is 13.3. The topological polar surface area (TPSA) is 35.2 Å². The van der Waals surface area contributed by atoms with Crippen LogP contribution in [0.1, 0.15) is 25.3 Å². The van der Waals surface area contributed by atoms with E-state index >= 15 is 0 Å². The van der Waals surface area contributed by atoms with Crippen molar-refractivity contribution in [3.63, 3.8) is 0 Å². The summed E-state index contributed by atoms with van der Waals surface area (Å²) in [6.45, 7) is 4.97. The van der Waals surface area contributed by atoms with Crippen molar-refractivity contribution in [3.05, 3.63) is 29.6 Å². The van der Waals surface area contributed by atoms with E-state index in [0.717, 1.165) is 11.3 Å². The number of rotatable bonds is 3. The second-order valence-corrected chi connectivity index (χ2v) is 5.03. The van der Waals surface area contributed by atoms with Gasteiger partial charge in [-0.3, -0.25) is 0 Å². The van der Waals surface area contributed by atoms with Crippen molar-refractivity contribution in [1.82, 2.24) is 0 Å². The third-order valence-electron chi connectivity index (χ3n) is 3.83. The number of methoxy groups -OCH3 is 1. The van der Waals surface area contributed by atoms with Gasteiger partial charge in [0.25, 0.3) is 0 Å². The molecule has 1 aromatic rings. The summed E-state index contributed by atoms with van der Waals surface area (Å²) in [4.78, 5) is 0. The van der Waals surface area contributed by atoms with Crippen molar-refractivity contribution in [3.8, 4) is 5.75 Å². The van der Waals surface area contributed by atoms with Crippen LogP contribution in [-0.2, 0) is 0 Å².